The van der Waals surface area contributed by atoms with E-state index in [1.807, 2.05) is 30.3 Å². The van der Waals surface area contributed by atoms with Gasteiger partial charge >= 0.3 is 0 Å². The maximum absolute atomic E-state index is 12.7. The van der Waals surface area contributed by atoms with Gasteiger partial charge in [0, 0.05) is 17.1 Å². The number of carbonyl (C=O) groups excluding carboxylic acids is 1. The molecule has 1 aliphatic heterocycles. The van der Waals surface area contributed by atoms with Crippen molar-refractivity contribution in [3.05, 3.63) is 72.8 Å². The fourth-order valence-electron chi connectivity index (χ4n) is 2.88. The number of nitrogens with one attached hydrogen (secondary N) is 3. The molecule has 29 heavy (non-hydrogen) atoms. The van der Waals surface area contributed by atoms with E-state index in [2.05, 4.69) is 15.4 Å². The quantitative estimate of drug-likeness (QED) is 0.593. The number of benzene rings is 3. The first kappa shape index (κ1) is 18.8. The molecule has 0 aliphatic carbocycles. The second kappa shape index (κ2) is 7.48. The highest BCUT2D eigenvalue weighted by molar-refractivity contribution is 7.92. The van der Waals surface area contributed by atoms with Crippen LogP contribution in [0.1, 0.15) is 6.92 Å². The zero-order valence-corrected chi connectivity index (χ0v) is 16.4. The third kappa shape index (κ3) is 4.17. The highest BCUT2D eigenvalue weighted by atomic mass is 32.2. The van der Waals surface area contributed by atoms with Crippen LogP contribution < -0.4 is 20.1 Å². The number of sulfonamides is 1. The van der Waals surface area contributed by atoms with Gasteiger partial charge in [-0.3, -0.25) is 9.52 Å². The van der Waals surface area contributed by atoms with Gasteiger partial charge in [0.25, 0.3) is 15.9 Å². The molecule has 3 aromatic carbocycles. The van der Waals surface area contributed by atoms with E-state index in [1.165, 1.54) is 18.2 Å². The average molecular weight is 409 g/mol. The summed E-state index contributed by atoms with van der Waals surface area (Å²) in [6, 6.07) is 20.9. The van der Waals surface area contributed by atoms with E-state index in [-0.39, 0.29) is 10.8 Å². The summed E-state index contributed by atoms with van der Waals surface area (Å²) in [6.45, 7) is 1.63. The van der Waals surface area contributed by atoms with Crippen LogP contribution in [0.15, 0.2) is 77.7 Å². The van der Waals surface area contributed by atoms with E-state index in [0.29, 0.717) is 17.1 Å². The lowest BCUT2D eigenvalue weighted by Gasteiger charge is -2.23. The SMILES string of the molecule is CC1Oc2ccc(S(=O)(=O)Nc3ccc(Nc4ccccc4)cc3)cc2NC1=O. The molecule has 8 heteroatoms. The number of ether oxygens (including phenoxy) is 1. The van der Waals surface area contributed by atoms with Crippen molar-refractivity contribution in [2.45, 2.75) is 17.9 Å². The standard InChI is InChI=1S/C21H19N3O4S/c1-14-21(25)23-19-13-18(11-12-20(19)28-14)29(26,27)24-17-9-7-16(8-10-17)22-15-5-3-2-4-6-15/h2-14,22,24H,1H3,(H,23,25). The van der Waals surface area contributed by atoms with Crippen LogP contribution in [0.2, 0.25) is 0 Å². The van der Waals surface area contributed by atoms with Crippen LogP contribution in [-0.2, 0) is 14.8 Å². The number of fused-ring (bicyclic) bond motifs is 1. The molecule has 0 radical (unpaired) electrons. The van der Waals surface area contributed by atoms with Crippen LogP contribution in [0.25, 0.3) is 0 Å². The average Bonchev–Trinajstić information content (AvgIpc) is 2.70. The maximum atomic E-state index is 12.7. The molecule has 1 atom stereocenters. The Morgan fingerprint density at radius 1 is 0.897 bits per heavy atom. The van der Waals surface area contributed by atoms with Gasteiger partial charge in [-0.1, -0.05) is 18.2 Å². The van der Waals surface area contributed by atoms with Crippen LogP contribution in [0.3, 0.4) is 0 Å². The van der Waals surface area contributed by atoms with Crippen molar-refractivity contribution in [1.29, 1.82) is 0 Å². The van der Waals surface area contributed by atoms with Gasteiger partial charge in [0.15, 0.2) is 6.10 Å². The number of hydrogen-bond donors (Lipinski definition) is 3. The molecule has 3 aromatic rings. The Morgan fingerprint density at radius 2 is 1.55 bits per heavy atom. The van der Waals surface area contributed by atoms with Crippen molar-refractivity contribution in [3.8, 4) is 5.75 Å². The molecule has 1 amide bonds. The smallest absolute Gasteiger partial charge is 0.265 e. The second-order valence-electron chi connectivity index (χ2n) is 6.58. The predicted molar refractivity (Wildman–Crippen MR) is 112 cm³/mol. The fourth-order valence-corrected chi connectivity index (χ4v) is 3.96. The first-order valence-electron chi connectivity index (χ1n) is 8.97. The molecule has 1 unspecified atom stereocenters. The molecule has 0 spiro atoms. The first-order valence-corrected chi connectivity index (χ1v) is 10.5. The lowest BCUT2D eigenvalue weighted by Crippen LogP contribution is -2.34. The summed E-state index contributed by atoms with van der Waals surface area (Å²) >= 11 is 0. The summed E-state index contributed by atoms with van der Waals surface area (Å²) < 4.78 is 33.5. The van der Waals surface area contributed by atoms with E-state index in [0.717, 1.165) is 11.4 Å². The Balaban J connectivity index is 1.50. The largest absolute Gasteiger partial charge is 0.479 e. The van der Waals surface area contributed by atoms with Gasteiger partial charge in [0.05, 0.1) is 10.6 Å². The Morgan fingerprint density at radius 3 is 2.28 bits per heavy atom. The molecule has 148 valence electrons. The molecule has 1 aliphatic rings. The van der Waals surface area contributed by atoms with Gasteiger partial charge in [0.2, 0.25) is 0 Å². The number of carbonyl (C=O) groups is 1. The molecule has 0 aromatic heterocycles. The van der Waals surface area contributed by atoms with E-state index in [9.17, 15) is 13.2 Å². The molecule has 4 rings (SSSR count). The van der Waals surface area contributed by atoms with Crippen LogP contribution in [0, 0.1) is 0 Å². The minimum atomic E-state index is -3.83. The van der Waals surface area contributed by atoms with Crippen LogP contribution >= 0.6 is 0 Å². The van der Waals surface area contributed by atoms with E-state index in [1.54, 1.807) is 31.2 Å². The monoisotopic (exact) mass is 409 g/mol. The normalized spacial score (nSPS) is 15.6. The van der Waals surface area contributed by atoms with Gasteiger partial charge in [-0.15, -0.1) is 0 Å². The Hall–Kier alpha value is -3.52. The molecule has 0 fully saturated rings. The molecule has 0 saturated carbocycles. The van der Waals surface area contributed by atoms with E-state index < -0.39 is 16.1 Å². The van der Waals surface area contributed by atoms with Crippen molar-refractivity contribution in [3.63, 3.8) is 0 Å². The highest BCUT2D eigenvalue weighted by Gasteiger charge is 2.25. The predicted octanol–water partition coefficient (Wildman–Crippen LogP) is 3.95. The maximum Gasteiger partial charge on any atom is 0.265 e. The minimum Gasteiger partial charge on any atom is -0.479 e. The number of rotatable bonds is 5. The first-order chi connectivity index (χ1) is 13.9. The number of anilines is 4. The van der Waals surface area contributed by atoms with Gasteiger partial charge in [0.1, 0.15) is 5.75 Å². The lowest BCUT2D eigenvalue weighted by molar-refractivity contribution is -0.122. The van der Waals surface area contributed by atoms with Crippen LogP contribution in [0.5, 0.6) is 5.75 Å². The molecular weight excluding hydrogens is 390 g/mol. The Kier molecular flexibility index (Phi) is 4.85. The van der Waals surface area contributed by atoms with Gasteiger partial charge in [-0.05, 0) is 61.5 Å². The number of amides is 1. The summed E-state index contributed by atoms with van der Waals surface area (Å²) in [4.78, 5) is 11.8. The molecule has 1 heterocycles. The Bertz CT molecular complexity index is 1150. The summed E-state index contributed by atoms with van der Waals surface area (Å²) in [6.07, 6.45) is -0.619. The zero-order chi connectivity index (χ0) is 20.4. The molecular formula is C21H19N3O4S. The Labute approximate surface area is 168 Å². The van der Waals surface area contributed by atoms with E-state index >= 15 is 0 Å². The summed E-state index contributed by atoms with van der Waals surface area (Å²) in [7, 11) is -3.83. The van der Waals surface area contributed by atoms with Crippen molar-refractivity contribution in [2.24, 2.45) is 0 Å². The summed E-state index contributed by atoms with van der Waals surface area (Å²) in [5, 5.41) is 5.89. The fraction of sp³-hybridized carbons (Fsp3) is 0.0952. The molecule has 0 bridgehead atoms. The summed E-state index contributed by atoms with van der Waals surface area (Å²) in [5.41, 5.74) is 2.53. The topological polar surface area (TPSA) is 96.5 Å². The molecule has 0 saturated heterocycles. The molecule has 3 N–H and O–H groups in total. The third-order valence-corrected chi connectivity index (χ3v) is 5.77. The summed E-state index contributed by atoms with van der Waals surface area (Å²) in [5.74, 6) is 0.119. The van der Waals surface area contributed by atoms with Crippen LogP contribution in [0.4, 0.5) is 22.7 Å². The van der Waals surface area contributed by atoms with Gasteiger partial charge in [-0.2, -0.15) is 0 Å². The highest BCUT2D eigenvalue weighted by Crippen LogP contribution is 2.32. The minimum absolute atomic E-state index is 0.0289. The second-order valence-corrected chi connectivity index (χ2v) is 8.26. The third-order valence-electron chi connectivity index (χ3n) is 4.39. The van der Waals surface area contributed by atoms with Crippen LogP contribution in [-0.4, -0.2) is 20.4 Å². The zero-order valence-electron chi connectivity index (χ0n) is 15.5. The van der Waals surface area contributed by atoms with Crippen molar-refractivity contribution in [2.75, 3.05) is 15.4 Å². The van der Waals surface area contributed by atoms with E-state index in [4.69, 9.17) is 4.74 Å². The van der Waals surface area contributed by atoms with Crippen molar-refractivity contribution >= 4 is 38.7 Å². The van der Waals surface area contributed by atoms with Crippen molar-refractivity contribution in [1.82, 2.24) is 0 Å². The van der Waals surface area contributed by atoms with Crippen molar-refractivity contribution < 1.29 is 17.9 Å². The van der Waals surface area contributed by atoms with Gasteiger partial charge in [-0.25, -0.2) is 8.42 Å². The van der Waals surface area contributed by atoms with Gasteiger partial charge < -0.3 is 15.4 Å². The number of hydrogen-bond acceptors (Lipinski definition) is 5. The molecule has 7 nitrogen and oxygen atoms in total. The lowest BCUT2D eigenvalue weighted by atomic mass is 10.2. The number of para-hydroxylation sites is 1.